The molecule has 1 heterocycles. The highest BCUT2D eigenvalue weighted by Crippen LogP contribution is 2.18. The third kappa shape index (κ3) is 7.88. The van der Waals surface area contributed by atoms with Crippen molar-refractivity contribution in [2.45, 2.75) is 25.4 Å². The fourth-order valence-electron chi connectivity index (χ4n) is 1.55. The minimum absolute atomic E-state index is 0.153. The van der Waals surface area contributed by atoms with Crippen molar-refractivity contribution in [2.75, 3.05) is 20.1 Å². The molecule has 1 fully saturated rings. The molecule has 0 aromatic carbocycles. The van der Waals surface area contributed by atoms with Gasteiger partial charge in [-0.15, -0.1) is 0 Å². The molecule has 3 N–H and O–H groups in total. The second-order valence-corrected chi connectivity index (χ2v) is 4.22. The molecular weight excluding hydrogens is 253 g/mol. The van der Waals surface area contributed by atoms with E-state index in [-0.39, 0.29) is 5.91 Å². The van der Waals surface area contributed by atoms with Crippen LogP contribution in [0, 0.1) is 5.92 Å². The van der Waals surface area contributed by atoms with E-state index in [1.165, 1.54) is 0 Å². The number of alkyl halides is 3. The zero-order valence-corrected chi connectivity index (χ0v) is 10.0. The number of hydrogen-bond acceptors (Lipinski definition) is 3. The lowest BCUT2D eigenvalue weighted by atomic mass is 9.94. The third-order valence-corrected chi connectivity index (χ3v) is 2.57. The molecule has 0 spiro atoms. The molecule has 1 rings (SSSR count). The van der Waals surface area contributed by atoms with E-state index >= 15 is 0 Å². The fraction of sp³-hybridized carbons (Fsp3) is 0.800. The van der Waals surface area contributed by atoms with Gasteiger partial charge in [-0.25, -0.2) is 4.79 Å². The molecule has 8 heteroatoms. The van der Waals surface area contributed by atoms with Gasteiger partial charge in [-0.3, -0.25) is 4.79 Å². The number of nitrogens with two attached hydrogens (primary N) is 1. The molecule has 1 aliphatic rings. The number of halogens is 3. The maximum absolute atomic E-state index is 10.6. The Labute approximate surface area is 103 Å². The number of likely N-dealkylation sites (tertiary alicyclic amines) is 1. The van der Waals surface area contributed by atoms with Gasteiger partial charge in [0.1, 0.15) is 0 Å². The van der Waals surface area contributed by atoms with Gasteiger partial charge in [0.05, 0.1) is 0 Å². The number of nitrogens with zero attached hydrogens (tertiary/aromatic N) is 1. The number of aliphatic carboxylic acids is 1. The fourth-order valence-corrected chi connectivity index (χ4v) is 1.55. The summed E-state index contributed by atoms with van der Waals surface area (Å²) in [6.07, 6.45) is -2.26. The number of primary amides is 1. The first kappa shape index (κ1) is 16.7. The van der Waals surface area contributed by atoms with Crippen molar-refractivity contribution in [1.82, 2.24) is 4.90 Å². The maximum Gasteiger partial charge on any atom is 0.490 e. The van der Waals surface area contributed by atoms with Crippen LogP contribution in [0.5, 0.6) is 0 Å². The number of rotatable bonds is 2. The predicted molar refractivity (Wildman–Crippen MR) is 57.7 cm³/mol. The van der Waals surface area contributed by atoms with Crippen molar-refractivity contribution in [2.24, 2.45) is 11.7 Å². The van der Waals surface area contributed by atoms with Crippen LogP contribution < -0.4 is 5.73 Å². The van der Waals surface area contributed by atoms with Gasteiger partial charge in [0.25, 0.3) is 0 Å². The molecule has 106 valence electrons. The average molecular weight is 270 g/mol. The molecule has 1 amide bonds. The Morgan fingerprint density at radius 2 is 1.72 bits per heavy atom. The number of amides is 1. The van der Waals surface area contributed by atoms with Gasteiger partial charge < -0.3 is 15.7 Å². The first-order valence-corrected chi connectivity index (χ1v) is 5.40. The van der Waals surface area contributed by atoms with E-state index in [1.807, 2.05) is 0 Å². The van der Waals surface area contributed by atoms with Crippen molar-refractivity contribution in [3.05, 3.63) is 0 Å². The van der Waals surface area contributed by atoms with Crippen LogP contribution in [-0.4, -0.2) is 48.2 Å². The zero-order valence-electron chi connectivity index (χ0n) is 10.0. The number of carboxylic acid groups (broad SMARTS) is 1. The summed E-state index contributed by atoms with van der Waals surface area (Å²) < 4.78 is 31.7. The highest BCUT2D eigenvalue weighted by molar-refractivity contribution is 5.74. The minimum atomic E-state index is -5.08. The Morgan fingerprint density at radius 1 is 1.33 bits per heavy atom. The second kappa shape index (κ2) is 7.20. The van der Waals surface area contributed by atoms with Gasteiger partial charge >= 0.3 is 12.1 Å². The topological polar surface area (TPSA) is 83.6 Å². The van der Waals surface area contributed by atoms with E-state index in [2.05, 4.69) is 11.9 Å². The second-order valence-electron chi connectivity index (χ2n) is 4.22. The molecule has 18 heavy (non-hydrogen) atoms. The Kier molecular flexibility index (Phi) is 6.67. The quantitative estimate of drug-likeness (QED) is 0.778. The van der Waals surface area contributed by atoms with E-state index in [0.717, 1.165) is 25.9 Å². The van der Waals surface area contributed by atoms with Gasteiger partial charge in [0.15, 0.2) is 0 Å². The van der Waals surface area contributed by atoms with Crippen LogP contribution in [0.1, 0.15) is 19.3 Å². The van der Waals surface area contributed by atoms with Crippen LogP contribution in [0.15, 0.2) is 0 Å². The van der Waals surface area contributed by atoms with Gasteiger partial charge in [-0.1, -0.05) is 0 Å². The summed E-state index contributed by atoms with van der Waals surface area (Å²) in [4.78, 5) is 21.7. The molecule has 1 aliphatic heterocycles. The Hall–Kier alpha value is -1.31. The molecule has 0 aromatic rings. The largest absolute Gasteiger partial charge is 0.490 e. The molecule has 0 bridgehead atoms. The van der Waals surface area contributed by atoms with Crippen molar-refractivity contribution < 1.29 is 27.9 Å². The lowest BCUT2D eigenvalue weighted by Crippen LogP contribution is -2.32. The van der Waals surface area contributed by atoms with E-state index in [9.17, 15) is 18.0 Å². The van der Waals surface area contributed by atoms with Crippen LogP contribution >= 0.6 is 0 Å². The summed E-state index contributed by atoms with van der Waals surface area (Å²) in [7, 11) is 2.11. The van der Waals surface area contributed by atoms with Crippen LogP contribution in [0.4, 0.5) is 13.2 Å². The van der Waals surface area contributed by atoms with Gasteiger partial charge in [-0.2, -0.15) is 13.2 Å². The van der Waals surface area contributed by atoms with Crippen molar-refractivity contribution >= 4 is 11.9 Å². The molecule has 0 saturated carbocycles. The summed E-state index contributed by atoms with van der Waals surface area (Å²) in [6, 6.07) is 0. The standard InChI is InChI=1S/C8H16N2O.C2HF3O2/c1-10-4-2-7(3-5-10)6-8(9)11;3-2(4,5)1(6)7/h7H,2-6H2,1H3,(H2,9,11);(H,6,7). The van der Waals surface area contributed by atoms with Crippen LogP contribution in [0.25, 0.3) is 0 Å². The molecule has 5 nitrogen and oxygen atoms in total. The smallest absolute Gasteiger partial charge is 0.475 e. The SMILES string of the molecule is CN1CCC(CC(N)=O)CC1.O=C(O)C(F)(F)F. The Morgan fingerprint density at radius 3 is 2.00 bits per heavy atom. The van der Waals surface area contributed by atoms with Crippen molar-refractivity contribution in [3.8, 4) is 0 Å². The molecule has 0 atom stereocenters. The molecular formula is C10H17F3N2O3. The minimum Gasteiger partial charge on any atom is -0.475 e. The number of carbonyl (C=O) groups excluding carboxylic acids is 1. The Balaban J connectivity index is 0.000000360. The van der Waals surface area contributed by atoms with Crippen LogP contribution in [0.3, 0.4) is 0 Å². The highest BCUT2D eigenvalue weighted by Gasteiger charge is 2.38. The lowest BCUT2D eigenvalue weighted by molar-refractivity contribution is -0.192. The molecule has 1 saturated heterocycles. The van der Waals surface area contributed by atoms with Crippen molar-refractivity contribution in [3.63, 3.8) is 0 Å². The average Bonchev–Trinajstić information content (AvgIpc) is 2.20. The summed E-state index contributed by atoms with van der Waals surface area (Å²) in [6.45, 7) is 2.22. The molecule has 0 aromatic heterocycles. The molecule has 0 aliphatic carbocycles. The van der Waals surface area contributed by atoms with E-state index in [4.69, 9.17) is 15.6 Å². The van der Waals surface area contributed by atoms with Gasteiger partial charge in [0.2, 0.25) is 5.91 Å². The highest BCUT2D eigenvalue weighted by atomic mass is 19.4. The molecule has 0 radical (unpaired) electrons. The number of piperidine rings is 1. The summed E-state index contributed by atoms with van der Waals surface area (Å²) in [5.41, 5.74) is 5.11. The normalized spacial score (nSPS) is 17.8. The predicted octanol–water partition coefficient (Wildman–Crippen LogP) is 0.837. The summed E-state index contributed by atoms with van der Waals surface area (Å²) in [5.74, 6) is -2.37. The van der Waals surface area contributed by atoms with Crippen LogP contribution in [0.2, 0.25) is 0 Å². The van der Waals surface area contributed by atoms with Gasteiger partial charge in [0, 0.05) is 6.42 Å². The monoisotopic (exact) mass is 270 g/mol. The number of carboxylic acids is 1. The lowest BCUT2D eigenvalue weighted by Gasteiger charge is -2.27. The number of hydrogen-bond donors (Lipinski definition) is 2. The van der Waals surface area contributed by atoms with Gasteiger partial charge in [-0.05, 0) is 38.9 Å². The van der Waals surface area contributed by atoms with Crippen LogP contribution in [-0.2, 0) is 9.59 Å². The van der Waals surface area contributed by atoms with E-state index in [0.29, 0.717) is 12.3 Å². The summed E-state index contributed by atoms with van der Waals surface area (Å²) >= 11 is 0. The van der Waals surface area contributed by atoms with E-state index < -0.39 is 12.1 Å². The molecule has 0 unspecified atom stereocenters. The first-order valence-electron chi connectivity index (χ1n) is 5.40. The number of carbonyl (C=O) groups is 2. The third-order valence-electron chi connectivity index (χ3n) is 2.57. The van der Waals surface area contributed by atoms with Crippen molar-refractivity contribution in [1.29, 1.82) is 0 Å². The first-order chi connectivity index (χ1) is 8.12. The Bertz CT molecular complexity index is 287. The van der Waals surface area contributed by atoms with E-state index in [1.54, 1.807) is 0 Å². The zero-order chi connectivity index (χ0) is 14.3. The maximum atomic E-state index is 10.6. The summed E-state index contributed by atoms with van der Waals surface area (Å²) in [5, 5.41) is 7.12.